The lowest BCUT2D eigenvalue weighted by Gasteiger charge is -2.12. The molecule has 0 saturated carbocycles. The molecule has 0 rings (SSSR count). The SMILES string of the molecule is CCCCOCCOCCNC(=NCC(C)C)NCC. The van der Waals surface area contributed by atoms with E-state index in [-0.39, 0.29) is 0 Å². The molecular formula is C15H33N3O2. The molecule has 2 N–H and O–H groups in total. The Morgan fingerprint density at radius 3 is 2.30 bits per heavy atom. The molecule has 0 amide bonds. The summed E-state index contributed by atoms with van der Waals surface area (Å²) < 4.78 is 10.9. The fourth-order valence-corrected chi connectivity index (χ4v) is 1.43. The maximum Gasteiger partial charge on any atom is 0.191 e. The van der Waals surface area contributed by atoms with Gasteiger partial charge in [0.15, 0.2) is 5.96 Å². The van der Waals surface area contributed by atoms with Crippen molar-refractivity contribution in [2.75, 3.05) is 46.1 Å². The van der Waals surface area contributed by atoms with Gasteiger partial charge in [0.25, 0.3) is 0 Å². The van der Waals surface area contributed by atoms with E-state index < -0.39 is 0 Å². The van der Waals surface area contributed by atoms with Crippen molar-refractivity contribution in [2.24, 2.45) is 10.9 Å². The molecule has 5 nitrogen and oxygen atoms in total. The van der Waals surface area contributed by atoms with Crippen LogP contribution in [0.2, 0.25) is 0 Å². The van der Waals surface area contributed by atoms with Crippen LogP contribution in [0.3, 0.4) is 0 Å². The van der Waals surface area contributed by atoms with E-state index in [0.717, 1.165) is 38.6 Å². The van der Waals surface area contributed by atoms with Gasteiger partial charge in [-0.2, -0.15) is 0 Å². The van der Waals surface area contributed by atoms with Crippen molar-refractivity contribution < 1.29 is 9.47 Å². The van der Waals surface area contributed by atoms with Gasteiger partial charge in [0, 0.05) is 26.2 Å². The summed E-state index contributed by atoms with van der Waals surface area (Å²) in [5.41, 5.74) is 0. The van der Waals surface area contributed by atoms with Crippen molar-refractivity contribution in [3.8, 4) is 0 Å². The number of nitrogens with one attached hydrogen (secondary N) is 2. The minimum absolute atomic E-state index is 0.571. The van der Waals surface area contributed by atoms with Gasteiger partial charge in [-0.05, 0) is 19.3 Å². The lowest BCUT2D eigenvalue weighted by atomic mass is 10.2. The van der Waals surface area contributed by atoms with Crippen LogP contribution in [0.1, 0.15) is 40.5 Å². The highest BCUT2D eigenvalue weighted by atomic mass is 16.5. The monoisotopic (exact) mass is 287 g/mol. The molecule has 0 aromatic heterocycles. The minimum atomic E-state index is 0.571. The molecule has 0 saturated heterocycles. The zero-order valence-corrected chi connectivity index (χ0v) is 13.7. The summed E-state index contributed by atoms with van der Waals surface area (Å²) >= 11 is 0. The summed E-state index contributed by atoms with van der Waals surface area (Å²) in [6, 6.07) is 0. The standard InChI is InChI=1S/C15H33N3O2/c1-5-7-9-19-11-12-20-10-8-17-15(16-6-2)18-13-14(3)4/h14H,5-13H2,1-4H3,(H2,16,17,18). The lowest BCUT2D eigenvalue weighted by molar-refractivity contribution is 0.0487. The number of hydrogen-bond donors (Lipinski definition) is 2. The van der Waals surface area contributed by atoms with Crippen molar-refractivity contribution in [3.05, 3.63) is 0 Å². The van der Waals surface area contributed by atoms with Gasteiger partial charge >= 0.3 is 0 Å². The fraction of sp³-hybridized carbons (Fsp3) is 0.933. The third kappa shape index (κ3) is 13.6. The van der Waals surface area contributed by atoms with Crippen molar-refractivity contribution >= 4 is 5.96 Å². The maximum absolute atomic E-state index is 5.50. The van der Waals surface area contributed by atoms with Gasteiger partial charge in [-0.3, -0.25) is 4.99 Å². The summed E-state index contributed by atoms with van der Waals surface area (Å²) in [6.07, 6.45) is 2.30. The van der Waals surface area contributed by atoms with Crippen LogP contribution in [0.25, 0.3) is 0 Å². The molecule has 0 aliphatic heterocycles. The predicted molar refractivity (Wildman–Crippen MR) is 85.4 cm³/mol. The molecule has 120 valence electrons. The highest BCUT2D eigenvalue weighted by Crippen LogP contribution is 1.91. The first-order chi connectivity index (χ1) is 9.70. The molecular weight excluding hydrogens is 254 g/mol. The van der Waals surface area contributed by atoms with Crippen molar-refractivity contribution in [2.45, 2.75) is 40.5 Å². The van der Waals surface area contributed by atoms with E-state index in [4.69, 9.17) is 9.47 Å². The van der Waals surface area contributed by atoms with Crippen LogP contribution in [0.15, 0.2) is 4.99 Å². The Morgan fingerprint density at radius 1 is 1.00 bits per heavy atom. The molecule has 0 unspecified atom stereocenters. The van der Waals surface area contributed by atoms with Crippen molar-refractivity contribution in [3.63, 3.8) is 0 Å². The lowest BCUT2D eigenvalue weighted by Crippen LogP contribution is -2.39. The summed E-state index contributed by atoms with van der Waals surface area (Å²) in [7, 11) is 0. The third-order valence-corrected chi connectivity index (χ3v) is 2.51. The number of ether oxygens (including phenoxy) is 2. The molecule has 0 aliphatic rings. The first-order valence-electron chi connectivity index (χ1n) is 7.88. The molecule has 0 radical (unpaired) electrons. The van der Waals surface area contributed by atoms with Gasteiger partial charge in [0.05, 0.1) is 19.8 Å². The summed E-state index contributed by atoms with van der Waals surface area (Å²) in [6.45, 7) is 13.9. The Bertz CT molecular complexity index is 233. The second kappa shape index (κ2) is 14.6. The normalized spacial score (nSPS) is 11.9. The summed E-state index contributed by atoms with van der Waals surface area (Å²) in [5.74, 6) is 1.44. The second-order valence-corrected chi connectivity index (χ2v) is 5.12. The molecule has 20 heavy (non-hydrogen) atoms. The van der Waals surface area contributed by atoms with Crippen molar-refractivity contribution in [1.82, 2.24) is 10.6 Å². The Balaban J connectivity index is 3.51. The Kier molecular flexibility index (Phi) is 14.0. The highest BCUT2D eigenvalue weighted by molar-refractivity contribution is 5.79. The Morgan fingerprint density at radius 2 is 1.70 bits per heavy atom. The molecule has 0 spiro atoms. The van der Waals surface area contributed by atoms with E-state index in [9.17, 15) is 0 Å². The first kappa shape index (κ1) is 19.2. The van der Waals surface area contributed by atoms with Crippen molar-refractivity contribution in [1.29, 1.82) is 0 Å². The minimum Gasteiger partial charge on any atom is -0.379 e. The Labute approximate surface area is 124 Å². The van der Waals surface area contributed by atoms with Gasteiger partial charge < -0.3 is 20.1 Å². The zero-order valence-electron chi connectivity index (χ0n) is 13.7. The molecule has 5 heteroatoms. The summed E-state index contributed by atoms with van der Waals surface area (Å²) in [4.78, 5) is 4.49. The molecule has 0 aliphatic carbocycles. The van der Waals surface area contributed by atoms with E-state index in [2.05, 4.69) is 43.3 Å². The van der Waals surface area contributed by atoms with Crippen LogP contribution in [0.5, 0.6) is 0 Å². The van der Waals surface area contributed by atoms with Crippen LogP contribution in [0, 0.1) is 5.92 Å². The van der Waals surface area contributed by atoms with E-state index in [1.54, 1.807) is 0 Å². The van der Waals surface area contributed by atoms with E-state index in [0.29, 0.717) is 25.7 Å². The van der Waals surface area contributed by atoms with Crippen LogP contribution in [-0.4, -0.2) is 52.0 Å². The largest absolute Gasteiger partial charge is 0.379 e. The average Bonchev–Trinajstić information content (AvgIpc) is 2.42. The molecule has 0 aromatic rings. The van der Waals surface area contributed by atoms with Gasteiger partial charge in [-0.1, -0.05) is 27.2 Å². The number of guanidine groups is 1. The predicted octanol–water partition coefficient (Wildman–Crippen LogP) is 2.03. The Hall–Kier alpha value is -0.810. The second-order valence-electron chi connectivity index (χ2n) is 5.12. The van der Waals surface area contributed by atoms with Crippen LogP contribution < -0.4 is 10.6 Å². The van der Waals surface area contributed by atoms with Gasteiger partial charge in [-0.25, -0.2) is 0 Å². The number of rotatable bonds is 12. The molecule has 0 atom stereocenters. The highest BCUT2D eigenvalue weighted by Gasteiger charge is 1.98. The fourth-order valence-electron chi connectivity index (χ4n) is 1.43. The number of hydrogen-bond acceptors (Lipinski definition) is 3. The quantitative estimate of drug-likeness (QED) is 0.328. The topological polar surface area (TPSA) is 54.9 Å². The molecule has 0 aromatic carbocycles. The number of nitrogens with zero attached hydrogens (tertiary/aromatic N) is 1. The van der Waals surface area contributed by atoms with Crippen LogP contribution in [-0.2, 0) is 9.47 Å². The van der Waals surface area contributed by atoms with Gasteiger partial charge in [-0.15, -0.1) is 0 Å². The van der Waals surface area contributed by atoms with Gasteiger partial charge in [0.1, 0.15) is 0 Å². The zero-order chi connectivity index (χ0) is 15.1. The third-order valence-electron chi connectivity index (χ3n) is 2.51. The van der Waals surface area contributed by atoms with Crippen LogP contribution >= 0.6 is 0 Å². The van der Waals surface area contributed by atoms with E-state index in [1.165, 1.54) is 6.42 Å². The molecule has 0 bridgehead atoms. The van der Waals surface area contributed by atoms with Gasteiger partial charge in [0.2, 0.25) is 0 Å². The average molecular weight is 287 g/mol. The van der Waals surface area contributed by atoms with Crippen LogP contribution in [0.4, 0.5) is 0 Å². The smallest absolute Gasteiger partial charge is 0.191 e. The molecule has 0 fully saturated rings. The van der Waals surface area contributed by atoms with E-state index >= 15 is 0 Å². The summed E-state index contributed by atoms with van der Waals surface area (Å²) in [5, 5.41) is 6.48. The first-order valence-corrected chi connectivity index (χ1v) is 7.88. The maximum atomic E-state index is 5.50. The number of aliphatic imine (C=N–C) groups is 1. The number of unbranched alkanes of at least 4 members (excludes halogenated alkanes) is 1. The van der Waals surface area contributed by atoms with E-state index in [1.807, 2.05) is 0 Å². The molecule has 0 heterocycles.